The maximum Gasteiger partial charge on any atom is 0.246 e. The molecule has 0 bridgehead atoms. The molecular formula is C18H23N3O4S2. The number of nitrogens with one attached hydrogen (secondary N) is 2. The van der Waals surface area contributed by atoms with Crippen molar-refractivity contribution in [1.82, 2.24) is 9.62 Å². The Kier molecular flexibility index (Phi) is 6.35. The van der Waals surface area contributed by atoms with Crippen molar-refractivity contribution in [2.75, 3.05) is 25.0 Å². The van der Waals surface area contributed by atoms with E-state index in [9.17, 15) is 8.42 Å². The average molecular weight is 410 g/mol. The van der Waals surface area contributed by atoms with Crippen molar-refractivity contribution in [1.29, 1.82) is 0 Å². The number of thiocarbonyl (C=S) groups is 1. The third-order valence-electron chi connectivity index (χ3n) is 4.19. The van der Waals surface area contributed by atoms with Crippen molar-refractivity contribution in [3.05, 3.63) is 42.4 Å². The molecule has 0 amide bonds. The summed E-state index contributed by atoms with van der Waals surface area (Å²) in [5.41, 5.74) is 0.577. The molecule has 1 aliphatic heterocycles. The van der Waals surface area contributed by atoms with Crippen molar-refractivity contribution in [3.8, 4) is 5.75 Å². The van der Waals surface area contributed by atoms with Gasteiger partial charge in [-0.05, 0) is 62.3 Å². The molecule has 0 atom stereocenters. The molecule has 1 fully saturated rings. The van der Waals surface area contributed by atoms with Gasteiger partial charge in [0.1, 0.15) is 16.4 Å². The molecule has 1 saturated heterocycles. The summed E-state index contributed by atoms with van der Waals surface area (Å²) in [6, 6.07) is 8.61. The summed E-state index contributed by atoms with van der Waals surface area (Å²) in [6.07, 6.45) is 3.35. The van der Waals surface area contributed by atoms with Gasteiger partial charge < -0.3 is 19.8 Å². The molecule has 2 heterocycles. The molecule has 7 nitrogen and oxygen atoms in total. The third kappa shape index (κ3) is 4.79. The molecule has 146 valence electrons. The van der Waals surface area contributed by atoms with Crippen molar-refractivity contribution in [3.63, 3.8) is 0 Å². The Bertz CT molecular complexity index is 876. The molecular weight excluding hydrogens is 386 g/mol. The van der Waals surface area contributed by atoms with Crippen LogP contribution in [0, 0.1) is 0 Å². The highest BCUT2D eigenvalue weighted by molar-refractivity contribution is 7.89. The molecule has 1 aliphatic rings. The standard InChI is InChI=1S/C18H23N3O4S2/c1-2-24-16-8-7-14(20-18(26)19-13-15-6-5-11-25-15)12-17(16)27(22,23)21-9-3-4-10-21/h5-8,11-12H,2-4,9-10,13H2,1H3,(H2,19,20,26). The van der Waals surface area contributed by atoms with Crippen LogP contribution in [-0.2, 0) is 16.6 Å². The number of hydrogen-bond acceptors (Lipinski definition) is 5. The number of benzene rings is 1. The first-order valence-electron chi connectivity index (χ1n) is 8.85. The van der Waals surface area contributed by atoms with E-state index in [1.807, 2.05) is 13.0 Å². The minimum Gasteiger partial charge on any atom is -0.492 e. The van der Waals surface area contributed by atoms with Crippen LogP contribution < -0.4 is 15.4 Å². The second-order valence-electron chi connectivity index (χ2n) is 6.09. The van der Waals surface area contributed by atoms with Gasteiger partial charge in [0.25, 0.3) is 0 Å². The number of rotatable bonds is 7. The lowest BCUT2D eigenvalue weighted by Gasteiger charge is -2.19. The van der Waals surface area contributed by atoms with Crippen LogP contribution >= 0.6 is 12.2 Å². The highest BCUT2D eigenvalue weighted by atomic mass is 32.2. The third-order valence-corrected chi connectivity index (χ3v) is 6.35. The summed E-state index contributed by atoms with van der Waals surface area (Å²) in [4.78, 5) is 0.157. The number of ether oxygens (including phenoxy) is 1. The summed E-state index contributed by atoms with van der Waals surface area (Å²) in [7, 11) is -3.61. The van der Waals surface area contributed by atoms with Gasteiger partial charge in [-0.2, -0.15) is 4.31 Å². The number of hydrogen-bond donors (Lipinski definition) is 2. The first-order valence-corrected chi connectivity index (χ1v) is 10.7. The van der Waals surface area contributed by atoms with Gasteiger partial charge in [-0.3, -0.25) is 0 Å². The van der Waals surface area contributed by atoms with Gasteiger partial charge in [0.2, 0.25) is 10.0 Å². The van der Waals surface area contributed by atoms with Crippen molar-refractivity contribution in [2.24, 2.45) is 0 Å². The normalized spacial score (nSPS) is 14.9. The lowest BCUT2D eigenvalue weighted by Crippen LogP contribution is -2.29. The zero-order valence-corrected chi connectivity index (χ0v) is 16.7. The molecule has 9 heteroatoms. The Hall–Kier alpha value is -2.10. The quantitative estimate of drug-likeness (QED) is 0.680. The first-order chi connectivity index (χ1) is 13.0. The fraction of sp³-hybridized carbons (Fsp3) is 0.389. The number of sulfonamides is 1. The molecule has 0 aliphatic carbocycles. The first kappa shape index (κ1) is 19.7. The highest BCUT2D eigenvalue weighted by Gasteiger charge is 2.30. The van der Waals surface area contributed by atoms with E-state index in [0.29, 0.717) is 42.8 Å². The van der Waals surface area contributed by atoms with Gasteiger partial charge in [-0.15, -0.1) is 0 Å². The van der Waals surface area contributed by atoms with E-state index < -0.39 is 10.0 Å². The molecule has 0 unspecified atom stereocenters. The molecule has 0 spiro atoms. The summed E-state index contributed by atoms with van der Waals surface area (Å²) in [5, 5.41) is 6.41. The van der Waals surface area contributed by atoms with Gasteiger partial charge in [-0.25, -0.2) is 8.42 Å². The maximum absolute atomic E-state index is 13.0. The molecule has 2 aromatic rings. The van der Waals surface area contributed by atoms with Crippen LogP contribution in [0.15, 0.2) is 45.9 Å². The van der Waals surface area contributed by atoms with E-state index in [1.54, 1.807) is 30.5 Å². The van der Waals surface area contributed by atoms with E-state index in [2.05, 4.69) is 10.6 Å². The minimum absolute atomic E-state index is 0.157. The predicted molar refractivity (Wildman–Crippen MR) is 107 cm³/mol. The van der Waals surface area contributed by atoms with E-state index in [4.69, 9.17) is 21.4 Å². The van der Waals surface area contributed by atoms with Crippen molar-refractivity contribution < 1.29 is 17.6 Å². The van der Waals surface area contributed by atoms with E-state index in [1.165, 1.54) is 4.31 Å². The van der Waals surface area contributed by atoms with Gasteiger partial charge >= 0.3 is 0 Å². The molecule has 1 aromatic carbocycles. The Morgan fingerprint density at radius 3 is 2.74 bits per heavy atom. The lowest BCUT2D eigenvalue weighted by atomic mass is 10.3. The van der Waals surface area contributed by atoms with Crippen LogP contribution in [0.1, 0.15) is 25.5 Å². The van der Waals surface area contributed by atoms with Crippen LogP contribution in [0.2, 0.25) is 0 Å². The summed E-state index contributed by atoms with van der Waals surface area (Å²) < 4.78 is 38.3. The van der Waals surface area contributed by atoms with Crippen LogP contribution in [0.4, 0.5) is 5.69 Å². The van der Waals surface area contributed by atoms with E-state index in [-0.39, 0.29) is 4.90 Å². The van der Waals surface area contributed by atoms with Crippen molar-refractivity contribution in [2.45, 2.75) is 31.2 Å². The number of furan rings is 1. The highest BCUT2D eigenvalue weighted by Crippen LogP contribution is 2.31. The Labute approximate surface area is 164 Å². The maximum atomic E-state index is 13.0. The summed E-state index contributed by atoms with van der Waals surface area (Å²) in [5.74, 6) is 1.10. The zero-order chi connectivity index (χ0) is 19.3. The number of nitrogens with zero attached hydrogens (tertiary/aromatic N) is 1. The molecule has 27 heavy (non-hydrogen) atoms. The fourth-order valence-corrected chi connectivity index (χ4v) is 4.75. The fourth-order valence-electron chi connectivity index (χ4n) is 2.89. The molecule has 3 rings (SSSR count). The number of anilines is 1. The van der Waals surface area contributed by atoms with Gasteiger partial charge in [-0.1, -0.05) is 0 Å². The van der Waals surface area contributed by atoms with Gasteiger partial charge in [0.15, 0.2) is 5.11 Å². The van der Waals surface area contributed by atoms with Crippen LogP contribution in [0.3, 0.4) is 0 Å². The molecule has 1 aromatic heterocycles. The lowest BCUT2D eigenvalue weighted by molar-refractivity contribution is 0.330. The molecule has 0 radical (unpaired) electrons. The largest absolute Gasteiger partial charge is 0.492 e. The minimum atomic E-state index is -3.61. The van der Waals surface area contributed by atoms with Crippen LogP contribution in [0.25, 0.3) is 0 Å². The average Bonchev–Trinajstić information content (AvgIpc) is 3.35. The smallest absolute Gasteiger partial charge is 0.246 e. The van der Waals surface area contributed by atoms with Crippen molar-refractivity contribution >= 4 is 33.0 Å². The second-order valence-corrected chi connectivity index (χ2v) is 8.41. The second kappa shape index (κ2) is 8.73. The van der Waals surface area contributed by atoms with E-state index in [0.717, 1.165) is 18.6 Å². The Balaban J connectivity index is 1.77. The van der Waals surface area contributed by atoms with Gasteiger partial charge in [0, 0.05) is 18.8 Å². The van der Waals surface area contributed by atoms with E-state index >= 15 is 0 Å². The Morgan fingerprint density at radius 1 is 1.30 bits per heavy atom. The van der Waals surface area contributed by atoms with Crippen LogP contribution in [-0.4, -0.2) is 37.5 Å². The van der Waals surface area contributed by atoms with Gasteiger partial charge in [0.05, 0.1) is 19.4 Å². The summed E-state index contributed by atoms with van der Waals surface area (Å²) in [6.45, 7) is 3.72. The van der Waals surface area contributed by atoms with Crippen LogP contribution in [0.5, 0.6) is 5.75 Å². The molecule has 0 saturated carbocycles. The summed E-state index contributed by atoms with van der Waals surface area (Å²) >= 11 is 5.28. The predicted octanol–water partition coefficient (Wildman–Crippen LogP) is 2.95. The molecule has 2 N–H and O–H groups in total. The zero-order valence-electron chi connectivity index (χ0n) is 15.1. The Morgan fingerprint density at radius 2 is 2.07 bits per heavy atom. The SMILES string of the molecule is CCOc1ccc(NC(=S)NCc2ccco2)cc1S(=O)(=O)N1CCCC1. The monoisotopic (exact) mass is 409 g/mol. The topological polar surface area (TPSA) is 83.8 Å².